The fourth-order valence-electron chi connectivity index (χ4n) is 2.09. The number of benzene rings is 1. The maximum atomic E-state index is 10.3. The van der Waals surface area contributed by atoms with Crippen molar-refractivity contribution in [3.05, 3.63) is 65.0 Å². The summed E-state index contributed by atoms with van der Waals surface area (Å²) in [7, 11) is 0. The Hall–Kier alpha value is -1.67. The average Bonchev–Trinajstić information content (AvgIpc) is 2.41. The summed E-state index contributed by atoms with van der Waals surface area (Å²) < 4.78 is 0. The minimum Gasteiger partial charge on any atom is -0.386 e. The Morgan fingerprint density at radius 1 is 1.17 bits per heavy atom. The van der Waals surface area contributed by atoms with Gasteiger partial charge in [-0.25, -0.2) is 0 Å². The third kappa shape index (κ3) is 2.96. The van der Waals surface area contributed by atoms with E-state index in [9.17, 15) is 5.11 Å². The summed E-state index contributed by atoms with van der Waals surface area (Å²) >= 11 is 0. The molecule has 18 heavy (non-hydrogen) atoms. The van der Waals surface area contributed by atoms with Gasteiger partial charge < -0.3 is 5.11 Å². The summed E-state index contributed by atoms with van der Waals surface area (Å²) in [6, 6.07) is 12.2. The van der Waals surface area contributed by atoms with Crippen LogP contribution < -0.4 is 0 Å². The minimum absolute atomic E-state index is 0.524. The standard InChI is InChI=1S/C16H19NO/c1-3-14-5-4-10-17-16(14)15(18)11-13-8-6-12(2)7-9-13/h4-10,15,18H,3,11H2,1-2H3. The molecule has 0 aliphatic carbocycles. The van der Waals surface area contributed by atoms with Crippen molar-refractivity contribution in [3.8, 4) is 0 Å². The van der Waals surface area contributed by atoms with Crippen LogP contribution in [0.25, 0.3) is 0 Å². The van der Waals surface area contributed by atoms with Gasteiger partial charge in [0.25, 0.3) is 0 Å². The average molecular weight is 241 g/mol. The second-order valence-corrected chi connectivity index (χ2v) is 4.61. The first-order valence-corrected chi connectivity index (χ1v) is 6.38. The van der Waals surface area contributed by atoms with Crippen molar-refractivity contribution >= 4 is 0 Å². The minimum atomic E-state index is -0.524. The number of pyridine rings is 1. The molecular weight excluding hydrogens is 222 g/mol. The molecule has 0 saturated heterocycles. The van der Waals surface area contributed by atoms with Crippen molar-refractivity contribution < 1.29 is 5.11 Å². The number of nitrogens with zero attached hydrogens (tertiary/aromatic N) is 1. The fourth-order valence-corrected chi connectivity index (χ4v) is 2.09. The second kappa shape index (κ2) is 5.78. The zero-order valence-corrected chi connectivity index (χ0v) is 10.9. The molecule has 94 valence electrons. The molecule has 0 amide bonds. The van der Waals surface area contributed by atoms with E-state index < -0.39 is 6.10 Å². The van der Waals surface area contributed by atoms with Crippen LogP contribution >= 0.6 is 0 Å². The molecule has 1 N–H and O–H groups in total. The highest BCUT2D eigenvalue weighted by Crippen LogP contribution is 2.20. The molecular formula is C16H19NO. The van der Waals surface area contributed by atoms with Crippen LogP contribution in [0.4, 0.5) is 0 Å². The first kappa shape index (κ1) is 12.8. The van der Waals surface area contributed by atoms with E-state index in [4.69, 9.17) is 0 Å². The molecule has 1 aromatic heterocycles. The Balaban J connectivity index is 2.16. The number of aromatic nitrogens is 1. The number of aryl methyl sites for hydroxylation is 2. The Bertz CT molecular complexity index is 505. The van der Waals surface area contributed by atoms with Crippen molar-refractivity contribution in [1.82, 2.24) is 4.98 Å². The molecule has 2 heteroatoms. The molecule has 0 saturated carbocycles. The molecule has 0 aliphatic rings. The summed E-state index contributed by atoms with van der Waals surface area (Å²) in [5, 5.41) is 10.3. The van der Waals surface area contributed by atoms with Crippen LogP contribution in [0, 0.1) is 6.92 Å². The van der Waals surface area contributed by atoms with Gasteiger partial charge in [0.1, 0.15) is 6.10 Å². The first-order chi connectivity index (χ1) is 8.70. The second-order valence-electron chi connectivity index (χ2n) is 4.61. The Morgan fingerprint density at radius 2 is 1.89 bits per heavy atom. The third-order valence-electron chi connectivity index (χ3n) is 3.17. The lowest BCUT2D eigenvalue weighted by Crippen LogP contribution is -2.07. The molecule has 2 nitrogen and oxygen atoms in total. The van der Waals surface area contributed by atoms with Gasteiger partial charge in [-0.2, -0.15) is 0 Å². The van der Waals surface area contributed by atoms with Gasteiger partial charge in [-0.05, 0) is 30.5 Å². The maximum Gasteiger partial charge on any atom is 0.100 e. The topological polar surface area (TPSA) is 33.1 Å². The van der Waals surface area contributed by atoms with Crippen LogP contribution in [0.5, 0.6) is 0 Å². The van der Waals surface area contributed by atoms with Crippen LogP contribution in [0.2, 0.25) is 0 Å². The van der Waals surface area contributed by atoms with E-state index in [1.54, 1.807) is 6.20 Å². The van der Waals surface area contributed by atoms with Gasteiger partial charge in [0.05, 0.1) is 5.69 Å². The molecule has 0 aliphatic heterocycles. The lowest BCUT2D eigenvalue weighted by molar-refractivity contribution is 0.172. The zero-order chi connectivity index (χ0) is 13.0. The Morgan fingerprint density at radius 3 is 2.56 bits per heavy atom. The Labute approximate surface area is 108 Å². The van der Waals surface area contributed by atoms with Gasteiger partial charge in [0.2, 0.25) is 0 Å². The van der Waals surface area contributed by atoms with Gasteiger partial charge in [0.15, 0.2) is 0 Å². The molecule has 0 fully saturated rings. The van der Waals surface area contributed by atoms with E-state index in [2.05, 4.69) is 43.1 Å². The zero-order valence-electron chi connectivity index (χ0n) is 10.9. The number of aliphatic hydroxyl groups excluding tert-OH is 1. The summed E-state index contributed by atoms with van der Waals surface area (Å²) in [6.45, 7) is 4.15. The summed E-state index contributed by atoms with van der Waals surface area (Å²) in [6.07, 6.45) is 2.73. The predicted molar refractivity (Wildman–Crippen MR) is 73.5 cm³/mol. The van der Waals surface area contributed by atoms with Crippen molar-refractivity contribution in [1.29, 1.82) is 0 Å². The van der Waals surface area contributed by atoms with Crippen LogP contribution in [0.1, 0.15) is 35.4 Å². The van der Waals surface area contributed by atoms with Gasteiger partial charge >= 0.3 is 0 Å². The van der Waals surface area contributed by atoms with Crippen LogP contribution in [0.15, 0.2) is 42.6 Å². The fraction of sp³-hybridized carbons (Fsp3) is 0.312. The number of hydrogen-bond donors (Lipinski definition) is 1. The highest BCUT2D eigenvalue weighted by molar-refractivity contribution is 5.26. The lowest BCUT2D eigenvalue weighted by Gasteiger charge is -2.13. The van der Waals surface area contributed by atoms with E-state index in [0.717, 1.165) is 23.2 Å². The molecule has 1 aromatic carbocycles. The van der Waals surface area contributed by atoms with Gasteiger partial charge in [-0.1, -0.05) is 42.8 Å². The third-order valence-corrected chi connectivity index (χ3v) is 3.17. The molecule has 0 bridgehead atoms. The molecule has 0 radical (unpaired) electrons. The molecule has 2 rings (SSSR count). The largest absolute Gasteiger partial charge is 0.386 e. The van der Waals surface area contributed by atoms with Crippen LogP contribution in [-0.2, 0) is 12.8 Å². The van der Waals surface area contributed by atoms with Crippen molar-refractivity contribution in [3.63, 3.8) is 0 Å². The highest BCUT2D eigenvalue weighted by Gasteiger charge is 2.13. The molecule has 2 aromatic rings. The monoisotopic (exact) mass is 241 g/mol. The number of rotatable bonds is 4. The van der Waals surface area contributed by atoms with E-state index in [1.165, 1.54) is 5.56 Å². The SMILES string of the molecule is CCc1cccnc1C(O)Cc1ccc(C)cc1. The first-order valence-electron chi connectivity index (χ1n) is 6.38. The van der Waals surface area contributed by atoms with E-state index >= 15 is 0 Å². The van der Waals surface area contributed by atoms with E-state index in [-0.39, 0.29) is 0 Å². The summed E-state index contributed by atoms with van der Waals surface area (Å²) in [5.41, 5.74) is 4.30. The summed E-state index contributed by atoms with van der Waals surface area (Å²) in [5.74, 6) is 0. The van der Waals surface area contributed by atoms with Gasteiger partial charge in [-0.3, -0.25) is 4.98 Å². The van der Waals surface area contributed by atoms with Crippen molar-refractivity contribution in [2.24, 2.45) is 0 Å². The smallest absolute Gasteiger partial charge is 0.100 e. The predicted octanol–water partition coefficient (Wildman–Crippen LogP) is 3.23. The highest BCUT2D eigenvalue weighted by atomic mass is 16.3. The van der Waals surface area contributed by atoms with Crippen LogP contribution in [0.3, 0.4) is 0 Å². The van der Waals surface area contributed by atoms with Crippen LogP contribution in [-0.4, -0.2) is 10.1 Å². The van der Waals surface area contributed by atoms with E-state index in [0.29, 0.717) is 6.42 Å². The number of hydrogen-bond acceptors (Lipinski definition) is 2. The summed E-state index contributed by atoms with van der Waals surface area (Å²) in [4.78, 5) is 4.31. The Kier molecular flexibility index (Phi) is 4.11. The van der Waals surface area contributed by atoms with Gasteiger partial charge in [0, 0.05) is 12.6 Å². The van der Waals surface area contributed by atoms with Crippen molar-refractivity contribution in [2.45, 2.75) is 32.8 Å². The maximum absolute atomic E-state index is 10.3. The quantitative estimate of drug-likeness (QED) is 0.891. The normalized spacial score (nSPS) is 12.4. The van der Waals surface area contributed by atoms with Gasteiger partial charge in [-0.15, -0.1) is 0 Å². The molecule has 1 atom stereocenters. The lowest BCUT2D eigenvalue weighted by atomic mass is 10.00. The van der Waals surface area contributed by atoms with Crippen molar-refractivity contribution in [2.75, 3.05) is 0 Å². The van der Waals surface area contributed by atoms with E-state index in [1.807, 2.05) is 12.1 Å². The molecule has 0 spiro atoms. The molecule has 1 unspecified atom stereocenters. The molecule has 1 heterocycles. The number of aliphatic hydroxyl groups is 1.